The first-order chi connectivity index (χ1) is 30.2. The zero-order chi connectivity index (χ0) is 45.9. The predicted molar refractivity (Wildman–Crippen MR) is 240 cm³/mol. The number of carbonyl (C=O) groups excluding carboxylic acids is 7. The lowest BCUT2D eigenvalue weighted by Crippen LogP contribution is -2.55. The van der Waals surface area contributed by atoms with E-state index >= 15 is 0 Å². The van der Waals surface area contributed by atoms with E-state index in [4.69, 9.17) is 20.9 Å². The number of pyridine rings is 1. The first-order valence-corrected chi connectivity index (χ1v) is 21.3. The van der Waals surface area contributed by atoms with Gasteiger partial charge in [-0.15, -0.1) is 0 Å². The van der Waals surface area contributed by atoms with E-state index in [1.807, 2.05) is 55.6 Å². The SMILES string of the molecule is CC(C)[C@H](NC(=O)CCCCCN1C(=O)C=CC1=O)C(=O)N[C@@H](CCCNC(N)=O)C(=O)NCCN(C)C(=O)OCCC(=N)N(C)CCNc1c2ccccc2nc2ccccc12. The molecule has 4 rings (SSSR count). The van der Waals surface area contributed by atoms with Crippen LogP contribution in [0.2, 0.25) is 0 Å². The summed E-state index contributed by atoms with van der Waals surface area (Å²) in [5.41, 5.74) is 7.93. The van der Waals surface area contributed by atoms with Gasteiger partial charge < -0.3 is 46.9 Å². The number of rotatable bonds is 25. The van der Waals surface area contributed by atoms with Crippen LogP contribution in [0, 0.1) is 11.3 Å². The molecule has 8 amide bonds. The molecular weight excluding hydrogens is 811 g/mol. The molecule has 0 spiro atoms. The Labute approximate surface area is 367 Å². The number of nitrogens with one attached hydrogen (secondary N) is 6. The van der Waals surface area contributed by atoms with Gasteiger partial charge in [0.15, 0.2) is 0 Å². The Morgan fingerprint density at radius 1 is 0.778 bits per heavy atom. The lowest BCUT2D eigenvalue weighted by atomic mass is 10.0. The summed E-state index contributed by atoms with van der Waals surface area (Å²) in [5.74, 6) is -2.19. The van der Waals surface area contributed by atoms with Gasteiger partial charge in [-0.1, -0.05) is 56.7 Å². The number of imide groups is 1. The van der Waals surface area contributed by atoms with Crippen molar-refractivity contribution in [2.45, 2.75) is 70.9 Å². The second-order valence-electron chi connectivity index (χ2n) is 15.6. The van der Waals surface area contributed by atoms with Gasteiger partial charge in [-0.25, -0.2) is 14.6 Å². The van der Waals surface area contributed by atoms with Crippen molar-refractivity contribution in [3.05, 3.63) is 60.7 Å². The third-order valence-corrected chi connectivity index (χ3v) is 10.5. The number of nitrogens with two attached hydrogens (primary N) is 1. The van der Waals surface area contributed by atoms with Crippen LogP contribution >= 0.6 is 0 Å². The van der Waals surface area contributed by atoms with Gasteiger partial charge in [0.25, 0.3) is 11.8 Å². The van der Waals surface area contributed by atoms with Crippen molar-refractivity contribution in [1.29, 1.82) is 5.41 Å². The van der Waals surface area contributed by atoms with E-state index in [1.54, 1.807) is 18.7 Å². The fraction of sp³-hybridized carbons (Fsp3) is 0.477. The largest absolute Gasteiger partial charge is 0.449 e. The van der Waals surface area contributed by atoms with Crippen molar-refractivity contribution in [3.8, 4) is 0 Å². The third kappa shape index (κ3) is 15.3. The maximum Gasteiger partial charge on any atom is 0.409 e. The molecule has 2 aromatic carbocycles. The van der Waals surface area contributed by atoms with Gasteiger partial charge in [0, 0.05) is 89.1 Å². The van der Waals surface area contributed by atoms with Crippen molar-refractivity contribution in [3.63, 3.8) is 0 Å². The molecular formula is C44H61N11O8. The second-order valence-corrected chi connectivity index (χ2v) is 15.6. The molecule has 0 fully saturated rings. The fourth-order valence-electron chi connectivity index (χ4n) is 6.82. The van der Waals surface area contributed by atoms with Gasteiger partial charge in [0.2, 0.25) is 17.7 Å². The van der Waals surface area contributed by atoms with E-state index in [1.165, 1.54) is 24.1 Å². The van der Waals surface area contributed by atoms with Gasteiger partial charge in [-0.3, -0.25) is 34.3 Å². The summed E-state index contributed by atoms with van der Waals surface area (Å²) in [7, 11) is 3.32. The van der Waals surface area contributed by atoms with Crippen LogP contribution in [-0.2, 0) is 28.7 Å². The number of unbranched alkanes of at least 4 members (excludes halogenated alkanes) is 2. The van der Waals surface area contributed by atoms with Crippen LogP contribution in [0.4, 0.5) is 15.3 Å². The van der Waals surface area contributed by atoms with Crippen molar-refractivity contribution in [2.75, 3.05) is 65.3 Å². The Morgan fingerprint density at radius 3 is 2.05 bits per heavy atom. The minimum absolute atomic E-state index is 0.0201. The number of hydrogen-bond donors (Lipinski definition) is 7. The molecule has 0 saturated carbocycles. The van der Waals surface area contributed by atoms with Crippen molar-refractivity contribution >= 4 is 75.0 Å². The monoisotopic (exact) mass is 871 g/mol. The number of benzene rings is 2. The highest BCUT2D eigenvalue weighted by Crippen LogP contribution is 2.30. The van der Waals surface area contributed by atoms with E-state index in [0.717, 1.165) is 32.4 Å². The normalized spacial score (nSPS) is 13.1. The molecule has 19 heteroatoms. The average molecular weight is 872 g/mol. The predicted octanol–water partition coefficient (Wildman–Crippen LogP) is 2.84. The molecule has 0 radical (unpaired) electrons. The molecule has 2 atom stereocenters. The van der Waals surface area contributed by atoms with Crippen LogP contribution in [-0.4, -0.2) is 139 Å². The molecule has 63 heavy (non-hydrogen) atoms. The van der Waals surface area contributed by atoms with E-state index in [2.05, 4.69) is 26.6 Å². The number of amides is 8. The molecule has 1 aliphatic heterocycles. The fourth-order valence-corrected chi connectivity index (χ4v) is 6.82. The van der Waals surface area contributed by atoms with Crippen LogP contribution in [0.1, 0.15) is 58.8 Å². The number of likely N-dealkylation sites (N-methyl/N-ethyl adjacent to an activating group) is 2. The summed E-state index contributed by atoms with van der Waals surface area (Å²) in [6.45, 7) is 5.13. The lowest BCUT2D eigenvalue weighted by molar-refractivity contribution is -0.137. The van der Waals surface area contributed by atoms with Crippen LogP contribution in [0.15, 0.2) is 60.7 Å². The molecule has 8 N–H and O–H groups in total. The molecule has 0 bridgehead atoms. The average Bonchev–Trinajstić information content (AvgIpc) is 3.58. The van der Waals surface area contributed by atoms with Gasteiger partial charge in [-0.05, 0) is 43.7 Å². The van der Waals surface area contributed by atoms with Crippen LogP contribution in [0.3, 0.4) is 0 Å². The van der Waals surface area contributed by atoms with Crippen molar-refractivity contribution in [2.24, 2.45) is 11.7 Å². The van der Waals surface area contributed by atoms with E-state index in [9.17, 15) is 33.6 Å². The Bertz CT molecular complexity index is 2070. The van der Waals surface area contributed by atoms with Gasteiger partial charge in [0.05, 0.1) is 22.6 Å². The van der Waals surface area contributed by atoms with Gasteiger partial charge >= 0.3 is 12.1 Å². The van der Waals surface area contributed by atoms with Gasteiger partial charge in [-0.2, -0.15) is 0 Å². The first kappa shape index (κ1) is 48.9. The third-order valence-electron chi connectivity index (χ3n) is 10.5. The number of hydrogen-bond acceptors (Lipinski definition) is 11. The number of fused-ring (bicyclic) bond motifs is 2. The Hall–Kier alpha value is -6.79. The summed E-state index contributed by atoms with van der Waals surface area (Å²) in [6, 6.07) is 13.2. The van der Waals surface area contributed by atoms with Crippen LogP contribution < -0.4 is 32.3 Å². The van der Waals surface area contributed by atoms with E-state index in [0.29, 0.717) is 44.6 Å². The number of para-hydroxylation sites is 2. The van der Waals surface area contributed by atoms with Crippen LogP contribution in [0.5, 0.6) is 0 Å². The van der Waals surface area contributed by atoms with Crippen LogP contribution in [0.25, 0.3) is 21.8 Å². The highest BCUT2D eigenvalue weighted by molar-refractivity contribution is 6.13. The Balaban J connectivity index is 1.18. The number of anilines is 1. The molecule has 19 nitrogen and oxygen atoms in total. The second kappa shape index (κ2) is 24.6. The molecule has 340 valence electrons. The molecule has 0 saturated heterocycles. The number of ether oxygens (including phenoxy) is 1. The van der Waals surface area contributed by atoms with E-state index in [-0.39, 0.29) is 75.7 Å². The Morgan fingerprint density at radius 2 is 1.41 bits per heavy atom. The van der Waals surface area contributed by atoms with Gasteiger partial charge in [0.1, 0.15) is 18.7 Å². The Kier molecular flexibility index (Phi) is 19.1. The van der Waals surface area contributed by atoms with E-state index < -0.39 is 36.0 Å². The number of primary amides is 1. The zero-order valence-corrected chi connectivity index (χ0v) is 36.5. The number of nitrogens with zero attached hydrogens (tertiary/aromatic N) is 4. The summed E-state index contributed by atoms with van der Waals surface area (Å²) in [5, 5.41) is 24.7. The highest BCUT2D eigenvalue weighted by atomic mass is 16.6. The topological polar surface area (TPSA) is 261 Å². The summed E-state index contributed by atoms with van der Waals surface area (Å²) >= 11 is 0. The zero-order valence-electron chi connectivity index (χ0n) is 36.5. The maximum atomic E-state index is 13.5. The summed E-state index contributed by atoms with van der Waals surface area (Å²) in [6.07, 6.45) is 4.17. The molecule has 0 unspecified atom stereocenters. The maximum absolute atomic E-state index is 13.5. The molecule has 2 heterocycles. The summed E-state index contributed by atoms with van der Waals surface area (Å²) < 4.78 is 5.40. The molecule has 0 aliphatic carbocycles. The number of amidine groups is 1. The molecule has 1 aromatic heterocycles. The smallest absolute Gasteiger partial charge is 0.409 e. The van der Waals surface area contributed by atoms with Crippen molar-refractivity contribution in [1.82, 2.24) is 41.0 Å². The number of carbonyl (C=O) groups is 7. The first-order valence-electron chi connectivity index (χ1n) is 21.3. The number of urea groups is 1. The quantitative estimate of drug-likeness (QED) is 0.0214. The van der Waals surface area contributed by atoms with Crippen molar-refractivity contribution < 1.29 is 38.3 Å². The lowest BCUT2D eigenvalue weighted by Gasteiger charge is -2.26. The highest BCUT2D eigenvalue weighted by Gasteiger charge is 2.29. The molecule has 1 aliphatic rings. The summed E-state index contributed by atoms with van der Waals surface area (Å²) in [4.78, 5) is 96.0. The number of aromatic nitrogens is 1. The minimum atomic E-state index is -1.03. The minimum Gasteiger partial charge on any atom is -0.449 e. The molecule has 3 aromatic rings. The standard InChI is InChI=1S/C44H61N11O8/c1-29(2)39(52-36(56)18-6-5-11-25-55-37(57)19-20-38(55)58)42(60)51-34(17-12-22-49-43(46)61)41(59)48-24-27-54(4)44(62)63-28-21-35(45)53(3)26-23-47-40-30-13-7-9-15-32(30)50-33-16-10-8-14-31(33)40/h7-10,13-16,19-20,29,34,39,45H,5-6,11-12,17-18,21-28H2,1-4H3,(H,47,50)(H,48,59)(H,51,60)(H,52,56)(H3,46,49,61)/t34-,39-/m0/s1.